The van der Waals surface area contributed by atoms with Gasteiger partial charge in [-0.25, -0.2) is 0 Å². The van der Waals surface area contributed by atoms with Gasteiger partial charge in [-0.2, -0.15) is 0 Å². The summed E-state index contributed by atoms with van der Waals surface area (Å²) in [7, 11) is -4.69. The molecule has 0 radical (unpaired) electrons. The van der Waals surface area contributed by atoms with E-state index in [1.807, 2.05) is 0 Å². The van der Waals surface area contributed by atoms with Gasteiger partial charge < -0.3 is 9.47 Å². The van der Waals surface area contributed by atoms with Gasteiger partial charge in [0.15, 0.2) is 0 Å². The molecule has 8 atom stereocenters. The number of benzene rings is 12. The maximum absolute atomic E-state index is 7.39. The molecule has 2 saturated heterocycles. The number of ether oxygens (including phenoxy) is 2. The van der Waals surface area contributed by atoms with E-state index in [1.165, 1.54) is 66.1 Å². The van der Waals surface area contributed by atoms with E-state index in [9.17, 15) is 0 Å². The van der Waals surface area contributed by atoms with Crippen LogP contribution in [0.15, 0.2) is 315 Å². The lowest BCUT2D eigenvalue weighted by Gasteiger charge is -2.37. The molecule has 2 fully saturated rings. The highest BCUT2D eigenvalue weighted by Crippen LogP contribution is 2.67. The molecule has 4 heteroatoms. The van der Waals surface area contributed by atoms with Crippen LogP contribution in [0.4, 0.5) is 0 Å². The van der Waals surface area contributed by atoms with E-state index in [0.717, 1.165) is 47.6 Å². The molecule has 2 nitrogen and oxygen atoms in total. The summed E-state index contributed by atoms with van der Waals surface area (Å²) in [6, 6.07) is 121. The molecule has 14 rings (SSSR count). The zero-order chi connectivity index (χ0) is 59.3. The first-order chi connectivity index (χ1) is 43.5. The Balaban J connectivity index is 0.810. The monoisotopic (exact) mass is 1170 g/mol. The van der Waals surface area contributed by atoms with Crippen LogP contribution in [-0.2, 0) is 0 Å². The van der Waals surface area contributed by atoms with E-state index in [0.29, 0.717) is 59.1 Å². The van der Waals surface area contributed by atoms with E-state index >= 15 is 0 Å². The summed E-state index contributed by atoms with van der Waals surface area (Å²) in [6.07, 6.45) is 1.88. The SMILES string of the molecule is C[Si]1(CCCOc2ccc3ccccc3c2-c2c(OCCC[Si]3(C)C(c4ccccc4)C(c4ccccc4)C(c4ccccc4)C3c3ccccc3)ccc3ccccc23)C(c2ccccc2)C(c2ccccc2)C(c2ccccc2)C1c1ccccc1. The van der Waals surface area contributed by atoms with E-state index in [-0.39, 0.29) is 0 Å². The van der Waals surface area contributed by atoms with E-state index in [1.54, 1.807) is 0 Å². The number of hydrogen-bond acceptors (Lipinski definition) is 2. The number of hydrogen-bond donors (Lipinski definition) is 0. The topological polar surface area (TPSA) is 18.5 Å². The molecule has 12 aromatic rings. The van der Waals surface area contributed by atoms with Crippen molar-refractivity contribution in [1.82, 2.24) is 0 Å². The minimum absolute atomic E-state index is 0.307. The van der Waals surface area contributed by atoms with Gasteiger partial charge in [-0.15, -0.1) is 0 Å². The van der Waals surface area contributed by atoms with Gasteiger partial charge >= 0.3 is 0 Å². The molecule has 0 aliphatic carbocycles. The first-order valence-corrected chi connectivity index (χ1v) is 37.9. The minimum Gasteiger partial charge on any atom is -0.493 e. The smallest absolute Gasteiger partial charge is 0.127 e. The molecule has 0 spiro atoms. The van der Waals surface area contributed by atoms with Gasteiger partial charge in [0.25, 0.3) is 0 Å². The molecule has 0 N–H and O–H groups in total. The fraction of sp³-hybridized carbons (Fsp3) is 0.190. The molecule has 2 heterocycles. The summed E-state index contributed by atoms with van der Waals surface area (Å²) in [5.74, 6) is 3.04. The van der Waals surface area contributed by atoms with Gasteiger partial charge in [-0.05, 0) is 137 Å². The van der Waals surface area contributed by atoms with Crippen LogP contribution in [0, 0.1) is 0 Å². The Morgan fingerprint density at radius 2 is 0.477 bits per heavy atom. The van der Waals surface area contributed by atoms with Crippen molar-refractivity contribution < 1.29 is 9.47 Å². The fourth-order valence-electron chi connectivity index (χ4n) is 17.3. The zero-order valence-electron chi connectivity index (χ0n) is 50.7. The van der Waals surface area contributed by atoms with E-state index < -0.39 is 16.1 Å². The van der Waals surface area contributed by atoms with Crippen molar-refractivity contribution in [2.45, 2.75) is 83.9 Å². The highest BCUT2D eigenvalue weighted by molar-refractivity contribution is 6.83. The molecule has 0 aromatic heterocycles. The van der Waals surface area contributed by atoms with Crippen LogP contribution in [0.1, 0.15) is 103 Å². The van der Waals surface area contributed by atoms with Crippen LogP contribution in [-0.4, -0.2) is 29.4 Å². The average molecular weight is 1180 g/mol. The van der Waals surface area contributed by atoms with Crippen LogP contribution in [0.2, 0.25) is 25.2 Å². The molecule has 434 valence electrons. The molecule has 2 aliphatic heterocycles. The molecule has 12 aromatic carbocycles. The molecule has 8 unspecified atom stereocenters. The van der Waals surface area contributed by atoms with Crippen LogP contribution >= 0.6 is 0 Å². The Kier molecular flexibility index (Phi) is 16.5. The van der Waals surface area contributed by atoms with Gasteiger partial charge in [0, 0.05) is 11.1 Å². The molecular formula is C84H78O2Si2. The summed E-state index contributed by atoms with van der Waals surface area (Å²) in [5.41, 5.74) is 15.3. The van der Waals surface area contributed by atoms with Gasteiger partial charge in [-0.3, -0.25) is 0 Å². The largest absolute Gasteiger partial charge is 0.493 e. The Hall–Kier alpha value is -8.81. The molecule has 0 saturated carbocycles. The quantitative estimate of drug-likeness (QED) is 0.0593. The van der Waals surface area contributed by atoms with Crippen LogP contribution in [0.25, 0.3) is 32.7 Å². The Morgan fingerprint density at radius 3 is 0.739 bits per heavy atom. The predicted octanol–water partition coefficient (Wildman–Crippen LogP) is 21.8. The molecule has 0 amide bonds. The predicted molar refractivity (Wildman–Crippen MR) is 373 cm³/mol. The first kappa shape index (κ1) is 57.0. The van der Waals surface area contributed by atoms with Gasteiger partial charge in [-0.1, -0.05) is 329 Å². The highest BCUT2D eigenvalue weighted by Gasteiger charge is 2.61. The molecule has 0 bridgehead atoms. The summed E-state index contributed by atoms with van der Waals surface area (Å²) in [4.78, 5) is 0. The van der Waals surface area contributed by atoms with Crippen molar-refractivity contribution in [3.8, 4) is 22.6 Å². The normalized spacial score (nSPS) is 23.2. The standard InChI is InChI=1S/C84H78O2Si2/c1-87(81(67-43-19-7-20-44-67)75(63-35-11-3-12-36-63)76(64-37-13-4-14-38-64)82(87)68-45-21-8-22-46-68)59-31-57-85-73-55-53-61-33-27-29-51-71(61)79(73)80-72-52-30-28-34-62(72)54-56-74(80)86-58-32-60-88(2)83(69-47-23-9-24-48-69)77(65-39-15-5-16-40-65)78(66-41-17-6-18-42-66)84(88)70-49-25-10-26-50-70/h3-30,33-56,75-78,81-84H,31-32,57-60H2,1-2H3. The Bertz CT molecular complexity index is 3770. The minimum atomic E-state index is -2.34. The second-order valence-corrected chi connectivity index (χ2v) is 35.0. The summed E-state index contributed by atoms with van der Waals surface area (Å²) >= 11 is 0. The summed E-state index contributed by atoms with van der Waals surface area (Å²) < 4.78 is 14.8. The molecular weight excluding hydrogens is 1100 g/mol. The third-order valence-electron chi connectivity index (χ3n) is 20.7. The van der Waals surface area contributed by atoms with Crippen LogP contribution < -0.4 is 9.47 Å². The summed E-state index contributed by atoms with van der Waals surface area (Å²) in [6.45, 7) is 6.69. The van der Waals surface area contributed by atoms with E-state index in [4.69, 9.17) is 9.47 Å². The third kappa shape index (κ3) is 10.9. The fourth-order valence-corrected chi connectivity index (χ4v) is 29.8. The second kappa shape index (κ2) is 25.5. The van der Waals surface area contributed by atoms with Crippen molar-refractivity contribution in [3.63, 3.8) is 0 Å². The summed E-state index contributed by atoms with van der Waals surface area (Å²) in [5, 5.41) is 4.71. The highest BCUT2D eigenvalue weighted by atomic mass is 28.3. The lowest BCUT2D eigenvalue weighted by atomic mass is 9.75. The van der Waals surface area contributed by atoms with Gasteiger partial charge in [0.2, 0.25) is 0 Å². The van der Waals surface area contributed by atoms with Gasteiger partial charge in [0.1, 0.15) is 11.5 Å². The number of rotatable bonds is 19. The lowest BCUT2D eigenvalue weighted by molar-refractivity contribution is 0.313. The number of fused-ring (bicyclic) bond motifs is 2. The van der Waals surface area contributed by atoms with Crippen molar-refractivity contribution in [2.24, 2.45) is 0 Å². The molecule has 2 aliphatic rings. The van der Waals surface area contributed by atoms with Crippen LogP contribution in [0.3, 0.4) is 0 Å². The van der Waals surface area contributed by atoms with Crippen molar-refractivity contribution >= 4 is 37.7 Å². The van der Waals surface area contributed by atoms with E-state index in [2.05, 4.69) is 329 Å². The molecule has 88 heavy (non-hydrogen) atoms. The van der Waals surface area contributed by atoms with Crippen molar-refractivity contribution in [1.29, 1.82) is 0 Å². The maximum Gasteiger partial charge on any atom is 0.127 e. The van der Waals surface area contributed by atoms with Crippen molar-refractivity contribution in [3.05, 3.63) is 360 Å². The third-order valence-corrected chi connectivity index (χ3v) is 32.0. The first-order valence-electron chi connectivity index (χ1n) is 32.2. The van der Waals surface area contributed by atoms with Crippen molar-refractivity contribution in [2.75, 3.05) is 13.2 Å². The average Bonchev–Trinajstić information content (AvgIpc) is 1.63. The van der Waals surface area contributed by atoms with Crippen LogP contribution in [0.5, 0.6) is 11.5 Å². The Morgan fingerprint density at radius 1 is 0.250 bits per heavy atom. The second-order valence-electron chi connectivity index (χ2n) is 25.5. The lowest BCUT2D eigenvalue weighted by Crippen LogP contribution is -2.41. The zero-order valence-corrected chi connectivity index (χ0v) is 52.7. The van der Waals surface area contributed by atoms with Gasteiger partial charge in [0.05, 0.1) is 29.4 Å². The Labute approximate surface area is 523 Å². The maximum atomic E-state index is 7.39.